The Morgan fingerprint density at radius 2 is 1.83 bits per heavy atom. The first kappa shape index (κ1) is 15.7. The molecule has 0 saturated heterocycles. The third-order valence-electron chi connectivity index (χ3n) is 4.11. The van der Waals surface area contributed by atoms with Gasteiger partial charge in [-0.25, -0.2) is 0 Å². The van der Waals surface area contributed by atoms with Gasteiger partial charge in [0.25, 0.3) is 0 Å². The maximum atomic E-state index is 12.5. The summed E-state index contributed by atoms with van der Waals surface area (Å²) in [6.45, 7) is 11.5. The van der Waals surface area contributed by atoms with E-state index in [2.05, 4.69) is 27.7 Å². The molecule has 1 aliphatic carbocycles. The van der Waals surface area contributed by atoms with E-state index in [-0.39, 0.29) is 5.41 Å². The smallest absolute Gasteiger partial charge is 0.164 e. The molecule has 0 amide bonds. The van der Waals surface area contributed by atoms with Crippen LogP contribution >= 0.6 is 0 Å². The van der Waals surface area contributed by atoms with E-state index in [0.29, 0.717) is 18.8 Å². The van der Waals surface area contributed by atoms with Gasteiger partial charge in [-0.1, -0.05) is 27.7 Å². The van der Waals surface area contributed by atoms with Crippen molar-refractivity contribution in [2.24, 2.45) is 11.3 Å². The van der Waals surface area contributed by atoms with Crippen LogP contribution in [0.3, 0.4) is 0 Å². The summed E-state index contributed by atoms with van der Waals surface area (Å²) >= 11 is 0. The average Bonchev–Trinajstić information content (AvgIpc) is 2.28. The van der Waals surface area contributed by atoms with Gasteiger partial charge in [0.05, 0.1) is 0 Å². The standard InChI is InChI=1S/C16H30O2/c1-6-18-16(11-7-13(2)8-12-16)14(17)9-10-15(3,4)5/h13H,6-12H2,1-5H3. The van der Waals surface area contributed by atoms with Crippen molar-refractivity contribution in [1.82, 2.24) is 0 Å². The minimum absolute atomic E-state index is 0.227. The minimum atomic E-state index is -0.452. The van der Waals surface area contributed by atoms with Crippen LogP contribution in [0.1, 0.15) is 73.1 Å². The highest BCUT2D eigenvalue weighted by molar-refractivity contribution is 5.87. The number of Topliss-reactive ketones (excluding diaryl/α,β-unsaturated/α-hetero) is 1. The first-order valence-corrected chi connectivity index (χ1v) is 7.46. The van der Waals surface area contributed by atoms with Gasteiger partial charge in [-0.05, 0) is 50.4 Å². The molecule has 1 fully saturated rings. The Kier molecular flexibility index (Phi) is 5.39. The molecule has 0 aliphatic heterocycles. The lowest BCUT2D eigenvalue weighted by atomic mass is 9.75. The van der Waals surface area contributed by atoms with Crippen LogP contribution < -0.4 is 0 Å². The maximum Gasteiger partial charge on any atom is 0.164 e. The normalized spacial score (nSPS) is 29.3. The number of hydrogen-bond acceptors (Lipinski definition) is 2. The molecule has 1 aliphatic rings. The second kappa shape index (κ2) is 6.18. The highest BCUT2D eigenvalue weighted by atomic mass is 16.5. The van der Waals surface area contributed by atoms with E-state index in [1.807, 2.05) is 6.92 Å². The van der Waals surface area contributed by atoms with Crippen LogP contribution in [0.15, 0.2) is 0 Å². The summed E-state index contributed by atoms with van der Waals surface area (Å²) in [4.78, 5) is 12.5. The lowest BCUT2D eigenvalue weighted by Gasteiger charge is -2.38. The Bertz CT molecular complexity index is 267. The van der Waals surface area contributed by atoms with Crippen molar-refractivity contribution < 1.29 is 9.53 Å². The molecule has 1 rings (SSSR count). The van der Waals surface area contributed by atoms with E-state index < -0.39 is 5.60 Å². The van der Waals surface area contributed by atoms with E-state index in [1.54, 1.807) is 0 Å². The number of hydrogen-bond donors (Lipinski definition) is 0. The van der Waals surface area contributed by atoms with Crippen LogP contribution in [-0.4, -0.2) is 18.0 Å². The van der Waals surface area contributed by atoms with Gasteiger partial charge in [0.1, 0.15) is 5.60 Å². The van der Waals surface area contributed by atoms with Gasteiger partial charge in [0.2, 0.25) is 0 Å². The first-order valence-electron chi connectivity index (χ1n) is 7.46. The Morgan fingerprint density at radius 3 is 2.28 bits per heavy atom. The molecule has 0 atom stereocenters. The summed E-state index contributed by atoms with van der Waals surface area (Å²) in [7, 11) is 0. The van der Waals surface area contributed by atoms with Crippen LogP contribution in [0, 0.1) is 11.3 Å². The first-order chi connectivity index (χ1) is 8.29. The Morgan fingerprint density at radius 1 is 1.28 bits per heavy atom. The van der Waals surface area contributed by atoms with Crippen molar-refractivity contribution in [1.29, 1.82) is 0 Å². The van der Waals surface area contributed by atoms with Crippen LogP contribution in [0.4, 0.5) is 0 Å². The number of ether oxygens (including phenoxy) is 1. The van der Waals surface area contributed by atoms with Gasteiger partial charge in [0.15, 0.2) is 5.78 Å². The predicted molar refractivity (Wildman–Crippen MR) is 75.7 cm³/mol. The number of rotatable bonds is 5. The second-order valence-corrected chi connectivity index (χ2v) is 7.09. The molecule has 1 saturated carbocycles. The molecule has 0 aromatic heterocycles. The Balaban J connectivity index is 2.63. The number of ketones is 1. The van der Waals surface area contributed by atoms with Gasteiger partial charge >= 0.3 is 0 Å². The summed E-state index contributed by atoms with van der Waals surface area (Å²) in [6.07, 6.45) is 5.71. The number of carbonyl (C=O) groups excluding carboxylic acids is 1. The molecule has 0 bridgehead atoms. The minimum Gasteiger partial charge on any atom is -0.368 e. The lowest BCUT2D eigenvalue weighted by Crippen LogP contribution is -2.45. The second-order valence-electron chi connectivity index (χ2n) is 7.09. The summed E-state index contributed by atoms with van der Waals surface area (Å²) in [5.74, 6) is 1.08. The van der Waals surface area contributed by atoms with E-state index in [9.17, 15) is 4.79 Å². The summed E-state index contributed by atoms with van der Waals surface area (Å²) in [5, 5.41) is 0. The van der Waals surface area contributed by atoms with E-state index in [1.165, 1.54) is 0 Å². The molecule has 0 unspecified atom stereocenters. The van der Waals surface area contributed by atoms with Crippen LogP contribution in [0.5, 0.6) is 0 Å². The molecule has 0 aromatic rings. The third kappa shape index (κ3) is 4.38. The summed E-state index contributed by atoms with van der Waals surface area (Å²) < 4.78 is 5.90. The fourth-order valence-corrected chi connectivity index (χ4v) is 2.72. The van der Waals surface area contributed by atoms with Gasteiger partial charge in [-0.2, -0.15) is 0 Å². The molecular formula is C16H30O2. The molecule has 0 heterocycles. The van der Waals surface area contributed by atoms with E-state index in [4.69, 9.17) is 4.74 Å². The van der Waals surface area contributed by atoms with Crippen molar-refractivity contribution in [3.63, 3.8) is 0 Å². The zero-order chi connectivity index (χ0) is 13.8. The Hall–Kier alpha value is -0.370. The fourth-order valence-electron chi connectivity index (χ4n) is 2.72. The molecule has 0 aromatic carbocycles. The quantitative estimate of drug-likeness (QED) is 0.728. The molecular weight excluding hydrogens is 224 g/mol. The van der Waals surface area contributed by atoms with Gasteiger partial charge < -0.3 is 4.74 Å². The van der Waals surface area contributed by atoms with Crippen molar-refractivity contribution in [3.05, 3.63) is 0 Å². The van der Waals surface area contributed by atoms with Crippen LogP contribution in [-0.2, 0) is 9.53 Å². The highest BCUT2D eigenvalue weighted by Crippen LogP contribution is 2.37. The average molecular weight is 254 g/mol. The zero-order valence-electron chi connectivity index (χ0n) is 12.8. The van der Waals surface area contributed by atoms with Crippen molar-refractivity contribution in [3.8, 4) is 0 Å². The van der Waals surface area contributed by atoms with Crippen molar-refractivity contribution in [2.75, 3.05) is 6.61 Å². The largest absolute Gasteiger partial charge is 0.368 e. The summed E-state index contributed by atoms with van der Waals surface area (Å²) in [6, 6.07) is 0. The molecule has 2 heteroatoms. The fraction of sp³-hybridized carbons (Fsp3) is 0.938. The predicted octanol–water partition coefficient (Wildman–Crippen LogP) is 4.37. The number of carbonyl (C=O) groups is 1. The van der Waals surface area contributed by atoms with E-state index in [0.717, 1.165) is 38.0 Å². The monoisotopic (exact) mass is 254 g/mol. The zero-order valence-corrected chi connectivity index (χ0v) is 12.8. The van der Waals surface area contributed by atoms with Gasteiger partial charge in [0, 0.05) is 13.0 Å². The molecule has 0 spiro atoms. The maximum absolute atomic E-state index is 12.5. The van der Waals surface area contributed by atoms with Crippen LogP contribution in [0.2, 0.25) is 0 Å². The SMILES string of the molecule is CCOC1(C(=O)CCC(C)(C)C)CCC(C)CC1. The van der Waals surface area contributed by atoms with Crippen molar-refractivity contribution in [2.45, 2.75) is 78.7 Å². The van der Waals surface area contributed by atoms with Gasteiger partial charge in [-0.15, -0.1) is 0 Å². The molecule has 106 valence electrons. The molecule has 18 heavy (non-hydrogen) atoms. The lowest BCUT2D eigenvalue weighted by molar-refractivity contribution is -0.150. The molecule has 0 N–H and O–H groups in total. The van der Waals surface area contributed by atoms with Gasteiger partial charge in [-0.3, -0.25) is 4.79 Å². The van der Waals surface area contributed by atoms with E-state index >= 15 is 0 Å². The summed E-state index contributed by atoms with van der Waals surface area (Å²) in [5.41, 5.74) is -0.225. The molecule has 0 radical (unpaired) electrons. The topological polar surface area (TPSA) is 26.3 Å². The Labute approximate surface area is 112 Å². The van der Waals surface area contributed by atoms with Crippen molar-refractivity contribution >= 4 is 5.78 Å². The highest BCUT2D eigenvalue weighted by Gasteiger charge is 2.41. The van der Waals surface area contributed by atoms with Crippen LogP contribution in [0.25, 0.3) is 0 Å². The third-order valence-corrected chi connectivity index (χ3v) is 4.11. The molecule has 2 nitrogen and oxygen atoms in total.